The molecule has 2 N–H and O–H groups in total. The van der Waals surface area contributed by atoms with Crippen molar-refractivity contribution in [3.8, 4) is 0 Å². The minimum absolute atomic E-state index is 0.175. The molecular formula is C18H23N7O3. The maximum atomic E-state index is 12.6. The molecule has 1 amide bonds. The van der Waals surface area contributed by atoms with Gasteiger partial charge in [-0.15, -0.1) is 0 Å². The third kappa shape index (κ3) is 3.80. The van der Waals surface area contributed by atoms with E-state index in [2.05, 4.69) is 20.6 Å². The lowest BCUT2D eigenvalue weighted by Gasteiger charge is -2.08. The van der Waals surface area contributed by atoms with E-state index in [1.165, 1.54) is 12.3 Å². The van der Waals surface area contributed by atoms with Gasteiger partial charge in [0, 0.05) is 24.5 Å². The Hall–Kier alpha value is -3.43. The SMILES string of the molecule is CCn1cc(Cn2nc(C)c(NC(=O)c3ccnn3CC(=O)O)c2C)c(C)n1. The number of aryl methyl sites for hydroxylation is 3. The molecule has 10 nitrogen and oxygen atoms in total. The Kier molecular flexibility index (Phi) is 5.30. The maximum absolute atomic E-state index is 12.6. The Morgan fingerprint density at radius 3 is 2.54 bits per heavy atom. The molecule has 3 rings (SSSR count). The zero-order chi connectivity index (χ0) is 20.4. The first-order valence-electron chi connectivity index (χ1n) is 8.92. The standard InChI is InChI=1S/C18H23N7O3/c1-5-23-8-14(11(2)21-23)9-24-13(4)17(12(3)22-24)20-18(28)15-6-7-19-25(15)10-16(26)27/h6-8H,5,9-10H2,1-4H3,(H,20,28)(H,26,27). The van der Waals surface area contributed by atoms with Crippen LogP contribution in [0.3, 0.4) is 0 Å². The average Bonchev–Trinajstić information content (AvgIpc) is 3.30. The van der Waals surface area contributed by atoms with E-state index < -0.39 is 11.9 Å². The van der Waals surface area contributed by atoms with Gasteiger partial charge in [-0.3, -0.25) is 19.0 Å². The van der Waals surface area contributed by atoms with Crippen LogP contribution < -0.4 is 5.32 Å². The van der Waals surface area contributed by atoms with Crippen molar-refractivity contribution in [2.75, 3.05) is 5.32 Å². The minimum Gasteiger partial charge on any atom is -0.480 e. The lowest BCUT2D eigenvalue weighted by atomic mass is 10.2. The molecule has 0 radical (unpaired) electrons. The molecule has 3 aromatic rings. The van der Waals surface area contributed by atoms with Crippen LogP contribution in [0.2, 0.25) is 0 Å². The number of aliphatic carboxylic acids is 1. The summed E-state index contributed by atoms with van der Waals surface area (Å²) in [6.45, 7) is 8.64. The number of hydrogen-bond acceptors (Lipinski definition) is 5. The first-order valence-corrected chi connectivity index (χ1v) is 8.92. The summed E-state index contributed by atoms with van der Waals surface area (Å²) in [7, 11) is 0. The summed E-state index contributed by atoms with van der Waals surface area (Å²) in [4.78, 5) is 23.6. The van der Waals surface area contributed by atoms with Gasteiger partial charge in [-0.1, -0.05) is 0 Å². The number of anilines is 1. The van der Waals surface area contributed by atoms with Gasteiger partial charge in [0.2, 0.25) is 0 Å². The quantitative estimate of drug-likeness (QED) is 0.637. The van der Waals surface area contributed by atoms with Gasteiger partial charge in [-0.05, 0) is 33.8 Å². The van der Waals surface area contributed by atoms with Crippen LogP contribution in [-0.2, 0) is 24.4 Å². The van der Waals surface area contributed by atoms with Gasteiger partial charge in [0.25, 0.3) is 5.91 Å². The lowest BCUT2D eigenvalue weighted by Crippen LogP contribution is -2.21. The normalized spacial score (nSPS) is 11.0. The summed E-state index contributed by atoms with van der Waals surface area (Å²) in [6.07, 6.45) is 3.39. The number of carboxylic acid groups (broad SMARTS) is 1. The molecule has 0 saturated heterocycles. The Morgan fingerprint density at radius 1 is 1.14 bits per heavy atom. The average molecular weight is 385 g/mol. The molecule has 0 saturated carbocycles. The van der Waals surface area contributed by atoms with Crippen molar-refractivity contribution in [3.63, 3.8) is 0 Å². The Bertz CT molecular complexity index is 1030. The number of carbonyl (C=O) groups is 2. The second-order valence-corrected chi connectivity index (χ2v) is 6.52. The van der Waals surface area contributed by atoms with Crippen LogP contribution in [0.15, 0.2) is 18.5 Å². The molecule has 10 heteroatoms. The van der Waals surface area contributed by atoms with Gasteiger partial charge < -0.3 is 10.4 Å². The largest absolute Gasteiger partial charge is 0.480 e. The fourth-order valence-electron chi connectivity index (χ4n) is 3.03. The second-order valence-electron chi connectivity index (χ2n) is 6.52. The zero-order valence-corrected chi connectivity index (χ0v) is 16.3. The number of carboxylic acids is 1. The van der Waals surface area contributed by atoms with Gasteiger partial charge in [-0.2, -0.15) is 15.3 Å². The van der Waals surface area contributed by atoms with Crippen molar-refractivity contribution >= 4 is 17.6 Å². The van der Waals surface area contributed by atoms with Gasteiger partial charge in [0.1, 0.15) is 12.2 Å². The number of carbonyl (C=O) groups excluding carboxylic acids is 1. The van der Waals surface area contributed by atoms with Crippen LogP contribution in [0.5, 0.6) is 0 Å². The highest BCUT2D eigenvalue weighted by Crippen LogP contribution is 2.22. The van der Waals surface area contributed by atoms with Crippen LogP contribution in [0, 0.1) is 20.8 Å². The van der Waals surface area contributed by atoms with Crippen LogP contribution in [0.25, 0.3) is 0 Å². The van der Waals surface area contributed by atoms with Crippen molar-refractivity contribution in [1.29, 1.82) is 0 Å². The number of aromatic nitrogens is 6. The molecule has 28 heavy (non-hydrogen) atoms. The number of amides is 1. The van der Waals surface area contributed by atoms with Gasteiger partial charge in [-0.25, -0.2) is 4.68 Å². The minimum atomic E-state index is -1.07. The maximum Gasteiger partial charge on any atom is 0.325 e. The van der Waals surface area contributed by atoms with E-state index in [1.54, 1.807) is 0 Å². The van der Waals surface area contributed by atoms with Gasteiger partial charge in [0.05, 0.1) is 29.3 Å². The van der Waals surface area contributed by atoms with Crippen LogP contribution in [-0.4, -0.2) is 46.3 Å². The van der Waals surface area contributed by atoms with E-state index in [0.29, 0.717) is 17.9 Å². The van der Waals surface area contributed by atoms with Crippen LogP contribution >= 0.6 is 0 Å². The molecule has 0 bridgehead atoms. The molecular weight excluding hydrogens is 362 g/mol. The van der Waals surface area contributed by atoms with Gasteiger partial charge >= 0.3 is 5.97 Å². The summed E-state index contributed by atoms with van der Waals surface area (Å²) in [6, 6.07) is 1.48. The second kappa shape index (κ2) is 7.67. The zero-order valence-electron chi connectivity index (χ0n) is 16.3. The predicted octanol–water partition coefficient (Wildman–Crippen LogP) is 1.61. The predicted molar refractivity (Wildman–Crippen MR) is 101 cm³/mol. The van der Waals surface area contributed by atoms with E-state index in [1.807, 2.05) is 43.3 Å². The number of hydrogen-bond donors (Lipinski definition) is 2. The molecule has 0 aliphatic heterocycles. The van der Waals surface area contributed by atoms with Crippen molar-refractivity contribution in [2.45, 2.75) is 47.3 Å². The third-order valence-corrected chi connectivity index (χ3v) is 4.55. The fraction of sp³-hybridized carbons (Fsp3) is 0.389. The Labute approximate surface area is 161 Å². The first kappa shape index (κ1) is 19.3. The Morgan fingerprint density at radius 2 is 1.89 bits per heavy atom. The lowest BCUT2D eigenvalue weighted by molar-refractivity contribution is -0.137. The topological polar surface area (TPSA) is 120 Å². The van der Waals surface area contributed by atoms with Crippen molar-refractivity contribution < 1.29 is 14.7 Å². The molecule has 3 aromatic heterocycles. The van der Waals surface area contributed by atoms with E-state index in [0.717, 1.165) is 28.2 Å². The van der Waals surface area contributed by atoms with E-state index in [9.17, 15) is 9.59 Å². The highest BCUT2D eigenvalue weighted by Gasteiger charge is 2.19. The van der Waals surface area contributed by atoms with E-state index in [4.69, 9.17) is 5.11 Å². The van der Waals surface area contributed by atoms with Gasteiger partial charge in [0.15, 0.2) is 0 Å². The van der Waals surface area contributed by atoms with E-state index in [-0.39, 0.29) is 12.2 Å². The number of nitrogens with one attached hydrogen (secondary N) is 1. The molecule has 148 valence electrons. The summed E-state index contributed by atoms with van der Waals surface area (Å²) >= 11 is 0. The smallest absolute Gasteiger partial charge is 0.325 e. The molecule has 0 unspecified atom stereocenters. The van der Waals surface area contributed by atoms with E-state index >= 15 is 0 Å². The van der Waals surface area contributed by atoms with Crippen LogP contribution in [0.4, 0.5) is 5.69 Å². The highest BCUT2D eigenvalue weighted by molar-refractivity contribution is 6.03. The number of rotatable bonds is 7. The third-order valence-electron chi connectivity index (χ3n) is 4.55. The highest BCUT2D eigenvalue weighted by atomic mass is 16.4. The molecule has 0 atom stereocenters. The van der Waals surface area contributed by atoms with Crippen molar-refractivity contribution in [1.82, 2.24) is 29.3 Å². The molecule has 0 aromatic carbocycles. The summed E-state index contributed by atoms with van der Waals surface area (Å²) in [5, 5.41) is 24.6. The fourth-order valence-corrected chi connectivity index (χ4v) is 3.03. The molecule has 0 aliphatic carbocycles. The summed E-state index contributed by atoms with van der Waals surface area (Å²) in [5.41, 5.74) is 4.26. The molecule has 3 heterocycles. The molecule has 0 aliphatic rings. The van der Waals surface area contributed by atoms with Crippen molar-refractivity contribution in [2.24, 2.45) is 0 Å². The molecule has 0 fully saturated rings. The Balaban J connectivity index is 1.82. The van der Waals surface area contributed by atoms with Crippen molar-refractivity contribution in [3.05, 3.63) is 46.8 Å². The summed E-state index contributed by atoms with van der Waals surface area (Å²) < 4.78 is 4.85. The molecule has 0 spiro atoms. The monoisotopic (exact) mass is 385 g/mol. The summed E-state index contributed by atoms with van der Waals surface area (Å²) in [5.74, 6) is -1.50. The first-order chi connectivity index (χ1) is 13.3. The number of nitrogens with zero attached hydrogens (tertiary/aromatic N) is 6. The van der Waals surface area contributed by atoms with Crippen LogP contribution in [0.1, 0.15) is 40.1 Å².